The summed E-state index contributed by atoms with van der Waals surface area (Å²) in [6, 6.07) is 8.02. The minimum Gasteiger partial charge on any atom is -0.444 e. The second-order valence-corrected chi connectivity index (χ2v) is 10.1. The molecule has 0 aliphatic carbocycles. The molecule has 4 heterocycles. The number of amides is 1. The Morgan fingerprint density at radius 2 is 1.84 bits per heavy atom. The Morgan fingerprint density at radius 1 is 1.11 bits per heavy atom. The fourth-order valence-electron chi connectivity index (χ4n) is 4.15. The SMILES string of the molecule is C1CCOC1.CNc1nc(Nc2ccc(-n3ccnc3C)cc2)nc2c1CN(C(=O)OC(C)(C)C)CC2. The number of carbonyl (C=O) groups excluding carboxylic acids is 1. The minimum absolute atomic E-state index is 0.319. The van der Waals surface area contributed by atoms with Crippen LogP contribution in [0.25, 0.3) is 5.69 Å². The van der Waals surface area contributed by atoms with E-state index in [0.717, 1.165) is 41.7 Å². The van der Waals surface area contributed by atoms with Crippen molar-refractivity contribution in [3.05, 3.63) is 53.7 Å². The standard InChI is InChI=1S/C23H29N7O2.C4H8O/c1-15-25-11-13-30(15)17-8-6-16(7-9-17)26-21-27-19-10-12-29(22(31)32-23(2,3)4)14-18(19)20(24-5)28-21;1-2-4-5-3-1/h6-9,11,13H,10,12,14H2,1-5H3,(H2,24,26,27,28);1-4H2. The van der Waals surface area contributed by atoms with Gasteiger partial charge in [-0.3, -0.25) is 0 Å². The van der Waals surface area contributed by atoms with Gasteiger partial charge in [0.25, 0.3) is 0 Å². The van der Waals surface area contributed by atoms with E-state index in [1.807, 2.05) is 69.8 Å². The highest BCUT2D eigenvalue weighted by atomic mass is 16.6. The zero-order valence-electron chi connectivity index (χ0n) is 22.4. The zero-order chi connectivity index (χ0) is 26.4. The van der Waals surface area contributed by atoms with Gasteiger partial charge in [-0.15, -0.1) is 0 Å². The molecule has 1 saturated heterocycles. The van der Waals surface area contributed by atoms with Crippen molar-refractivity contribution in [2.75, 3.05) is 37.4 Å². The lowest BCUT2D eigenvalue weighted by Crippen LogP contribution is -2.40. The number of imidazole rings is 1. The van der Waals surface area contributed by atoms with Gasteiger partial charge in [0.05, 0.1) is 12.2 Å². The Kier molecular flexibility index (Phi) is 8.27. The van der Waals surface area contributed by atoms with Gasteiger partial charge >= 0.3 is 6.09 Å². The van der Waals surface area contributed by atoms with E-state index in [1.54, 1.807) is 11.1 Å². The Bertz CT molecular complexity index is 1170. The Balaban J connectivity index is 0.000000572. The molecule has 0 unspecified atom stereocenters. The number of aryl methyl sites for hydroxylation is 1. The largest absolute Gasteiger partial charge is 0.444 e. The van der Waals surface area contributed by atoms with Crippen LogP contribution >= 0.6 is 0 Å². The first-order valence-corrected chi connectivity index (χ1v) is 12.7. The summed E-state index contributed by atoms with van der Waals surface area (Å²) in [5.41, 5.74) is 3.24. The van der Waals surface area contributed by atoms with Crippen LogP contribution in [0, 0.1) is 6.92 Å². The summed E-state index contributed by atoms with van der Waals surface area (Å²) in [7, 11) is 1.82. The molecule has 0 radical (unpaired) electrons. The highest BCUT2D eigenvalue weighted by Gasteiger charge is 2.28. The molecule has 198 valence electrons. The second kappa shape index (κ2) is 11.6. The molecule has 10 heteroatoms. The molecule has 1 fully saturated rings. The van der Waals surface area contributed by atoms with Gasteiger partial charge < -0.3 is 29.6 Å². The monoisotopic (exact) mass is 507 g/mol. The van der Waals surface area contributed by atoms with Gasteiger partial charge in [-0.1, -0.05) is 0 Å². The fourth-order valence-corrected chi connectivity index (χ4v) is 4.15. The van der Waals surface area contributed by atoms with Crippen molar-refractivity contribution in [3.63, 3.8) is 0 Å². The minimum atomic E-state index is -0.528. The molecule has 3 aromatic rings. The van der Waals surface area contributed by atoms with Gasteiger partial charge in [0.15, 0.2) is 0 Å². The van der Waals surface area contributed by atoms with Crippen molar-refractivity contribution in [3.8, 4) is 5.69 Å². The number of aromatic nitrogens is 4. The first kappa shape index (κ1) is 26.4. The maximum atomic E-state index is 12.5. The molecule has 2 aliphatic rings. The van der Waals surface area contributed by atoms with Crippen LogP contribution in [0.1, 0.15) is 50.7 Å². The van der Waals surface area contributed by atoms with E-state index in [4.69, 9.17) is 14.5 Å². The number of anilines is 3. The summed E-state index contributed by atoms with van der Waals surface area (Å²) in [6.45, 7) is 10.5. The summed E-state index contributed by atoms with van der Waals surface area (Å²) in [6.07, 6.45) is 6.59. The number of benzene rings is 1. The molecule has 0 bridgehead atoms. The van der Waals surface area contributed by atoms with Crippen molar-refractivity contribution in [2.24, 2.45) is 0 Å². The van der Waals surface area contributed by atoms with E-state index in [0.29, 0.717) is 31.3 Å². The van der Waals surface area contributed by atoms with Crippen molar-refractivity contribution >= 4 is 23.5 Å². The summed E-state index contributed by atoms with van der Waals surface area (Å²) < 4.78 is 12.5. The van der Waals surface area contributed by atoms with Crippen LogP contribution in [0.4, 0.5) is 22.2 Å². The lowest BCUT2D eigenvalue weighted by atomic mass is 10.1. The smallest absolute Gasteiger partial charge is 0.410 e. The fraction of sp³-hybridized carbons (Fsp3) is 0.481. The van der Waals surface area contributed by atoms with Crippen LogP contribution < -0.4 is 10.6 Å². The second-order valence-electron chi connectivity index (χ2n) is 10.1. The molecule has 5 rings (SSSR count). The summed E-state index contributed by atoms with van der Waals surface area (Å²) in [4.78, 5) is 27.8. The van der Waals surface area contributed by atoms with Crippen molar-refractivity contribution < 1.29 is 14.3 Å². The topological polar surface area (TPSA) is 106 Å². The number of hydrogen-bond donors (Lipinski definition) is 2. The Morgan fingerprint density at radius 3 is 2.41 bits per heavy atom. The van der Waals surface area contributed by atoms with Crippen LogP contribution in [0.3, 0.4) is 0 Å². The maximum Gasteiger partial charge on any atom is 0.410 e. The molecular weight excluding hydrogens is 470 g/mol. The van der Waals surface area contributed by atoms with Gasteiger partial charge in [-0.2, -0.15) is 4.98 Å². The van der Waals surface area contributed by atoms with Crippen LogP contribution in [0.2, 0.25) is 0 Å². The predicted octanol–water partition coefficient (Wildman–Crippen LogP) is 4.85. The van der Waals surface area contributed by atoms with Gasteiger partial charge in [0.2, 0.25) is 5.95 Å². The number of carbonyl (C=O) groups is 1. The van der Waals surface area contributed by atoms with E-state index < -0.39 is 5.60 Å². The summed E-state index contributed by atoms with van der Waals surface area (Å²) in [5.74, 6) is 2.16. The third-order valence-corrected chi connectivity index (χ3v) is 6.00. The van der Waals surface area contributed by atoms with Gasteiger partial charge in [0.1, 0.15) is 17.2 Å². The average molecular weight is 508 g/mol. The lowest BCUT2D eigenvalue weighted by Gasteiger charge is -2.31. The molecule has 0 spiro atoms. The van der Waals surface area contributed by atoms with E-state index >= 15 is 0 Å². The average Bonchev–Trinajstić information content (AvgIpc) is 3.58. The van der Waals surface area contributed by atoms with Crippen LogP contribution in [0.15, 0.2) is 36.7 Å². The van der Waals surface area contributed by atoms with E-state index in [1.165, 1.54) is 12.8 Å². The zero-order valence-corrected chi connectivity index (χ0v) is 22.4. The van der Waals surface area contributed by atoms with Crippen molar-refractivity contribution in [1.29, 1.82) is 0 Å². The third-order valence-electron chi connectivity index (χ3n) is 6.00. The van der Waals surface area contributed by atoms with Gasteiger partial charge in [0, 0.05) is 62.6 Å². The summed E-state index contributed by atoms with van der Waals surface area (Å²) in [5, 5.41) is 6.43. The molecule has 1 amide bonds. The van der Waals surface area contributed by atoms with Crippen molar-refractivity contribution in [1.82, 2.24) is 24.4 Å². The van der Waals surface area contributed by atoms with Crippen molar-refractivity contribution in [2.45, 2.75) is 59.1 Å². The molecular formula is C27H37N7O3. The number of ether oxygens (including phenoxy) is 2. The molecule has 37 heavy (non-hydrogen) atoms. The quantitative estimate of drug-likeness (QED) is 0.516. The number of hydrogen-bond acceptors (Lipinski definition) is 8. The number of nitrogens with one attached hydrogen (secondary N) is 2. The van der Waals surface area contributed by atoms with E-state index in [2.05, 4.69) is 20.6 Å². The normalized spacial score (nSPS) is 14.9. The Hall–Kier alpha value is -3.66. The van der Waals surface area contributed by atoms with Gasteiger partial charge in [-0.05, 0) is 64.8 Å². The molecule has 2 aliphatic heterocycles. The number of rotatable bonds is 4. The van der Waals surface area contributed by atoms with E-state index in [-0.39, 0.29) is 6.09 Å². The van der Waals surface area contributed by atoms with E-state index in [9.17, 15) is 4.79 Å². The Labute approximate surface area is 218 Å². The molecule has 2 aromatic heterocycles. The number of fused-ring (bicyclic) bond motifs is 1. The molecule has 0 saturated carbocycles. The maximum absolute atomic E-state index is 12.5. The molecule has 10 nitrogen and oxygen atoms in total. The molecule has 1 aromatic carbocycles. The highest BCUT2D eigenvalue weighted by molar-refractivity contribution is 5.69. The predicted molar refractivity (Wildman–Crippen MR) is 144 cm³/mol. The lowest BCUT2D eigenvalue weighted by molar-refractivity contribution is 0.0223. The molecule has 0 atom stereocenters. The third kappa shape index (κ3) is 6.97. The van der Waals surface area contributed by atoms with Gasteiger partial charge in [-0.25, -0.2) is 14.8 Å². The van der Waals surface area contributed by atoms with Crippen LogP contribution in [-0.4, -0.2) is 62.9 Å². The summed E-state index contributed by atoms with van der Waals surface area (Å²) >= 11 is 0. The first-order chi connectivity index (χ1) is 17.7. The highest BCUT2D eigenvalue weighted by Crippen LogP contribution is 2.27. The van der Waals surface area contributed by atoms with Crippen LogP contribution in [-0.2, 0) is 22.4 Å². The number of nitrogens with zero attached hydrogens (tertiary/aromatic N) is 5. The molecule has 2 N–H and O–H groups in total. The van der Waals surface area contributed by atoms with Crippen LogP contribution in [0.5, 0.6) is 0 Å². The first-order valence-electron chi connectivity index (χ1n) is 12.7.